The van der Waals surface area contributed by atoms with Crippen molar-refractivity contribution in [3.05, 3.63) is 29.8 Å². The van der Waals surface area contributed by atoms with Gasteiger partial charge in [0, 0.05) is 5.92 Å². The molecule has 0 spiro atoms. The van der Waals surface area contributed by atoms with E-state index < -0.39 is 0 Å². The molecule has 2 nitrogen and oxygen atoms in total. The summed E-state index contributed by atoms with van der Waals surface area (Å²) in [6, 6.07) is 8.02. The number of methoxy groups -OCH3 is 1. The van der Waals surface area contributed by atoms with Gasteiger partial charge < -0.3 is 9.84 Å². The van der Waals surface area contributed by atoms with Crippen LogP contribution in [0.15, 0.2) is 24.3 Å². The summed E-state index contributed by atoms with van der Waals surface area (Å²) in [5.74, 6) is 1.21. The van der Waals surface area contributed by atoms with Crippen molar-refractivity contribution in [1.29, 1.82) is 0 Å². The molecule has 0 aromatic heterocycles. The number of aliphatic hydroxyl groups is 1. The van der Waals surface area contributed by atoms with Gasteiger partial charge in [-0.1, -0.05) is 18.6 Å². The lowest BCUT2D eigenvalue weighted by molar-refractivity contribution is 0.164. The minimum Gasteiger partial charge on any atom is -0.497 e. The van der Waals surface area contributed by atoms with Gasteiger partial charge in [-0.15, -0.1) is 0 Å². The summed E-state index contributed by atoms with van der Waals surface area (Å²) in [5, 5.41) is 9.74. The zero-order chi connectivity index (χ0) is 9.97. The van der Waals surface area contributed by atoms with E-state index in [2.05, 4.69) is 12.1 Å². The third-order valence-corrected chi connectivity index (χ3v) is 3.02. The normalized spacial score (nSPS) is 26.4. The molecule has 1 aliphatic carbocycles. The zero-order valence-electron chi connectivity index (χ0n) is 8.44. The van der Waals surface area contributed by atoms with Crippen LogP contribution in [0.3, 0.4) is 0 Å². The number of aliphatic hydroxyl groups excluding tert-OH is 1. The van der Waals surface area contributed by atoms with E-state index >= 15 is 0 Å². The molecule has 14 heavy (non-hydrogen) atoms. The molecule has 1 fully saturated rings. The fourth-order valence-corrected chi connectivity index (χ4v) is 2.18. The molecule has 0 saturated heterocycles. The molecule has 2 heteroatoms. The fourth-order valence-electron chi connectivity index (χ4n) is 2.18. The van der Waals surface area contributed by atoms with Gasteiger partial charge in [0.25, 0.3) is 0 Å². The van der Waals surface area contributed by atoms with Crippen LogP contribution >= 0.6 is 0 Å². The molecule has 1 N–H and O–H groups in total. The predicted octanol–water partition coefficient (Wildman–Crippen LogP) is 2.32. The van der Waals surface area contributed by atoms with E-state index in [1.54, 1.807) is 7.11 Å². The topological polar surface area (TPSA) is 29.5 Å². The lowest BCUT2D eigenvalue weighted by Gasteiger charge is -2.14. The number of hydrogen-bond acceptors (Lipinski definition) is 2. The smallest absolute Gasteiger partial charge is 0.118 e. The van der Waals surface area contributed by atoms with Crippen LogP contribution in [0.5, 0.6) is 5.75 Å². The van der Waals surface area contributed by atoms with E-state index in [0.29, 0.717) is 5.92 Å². The van der Waals surface area contributed by atoms with E-state index in [1.165, 1.54) is 5.56 Å². The highest BCUT2D eigenvalue weighted by Crippen LogP contribution is 2.34. The van der Waals surface area contributed by atoms with Crippen LogP contribution in [0.25, 0.3) is 0 Å². The highest BCUT2D eigenvalue weighted by Gasteiger charge is 2.26. The first kappa shape index (κ1) is 9.53. The van der Waals surface area contributed by atoms with Gasteiger partial charge >= 0.3 is 0 Å². The average molecular weight is 192 g/mol. The second-order valence-electron chi connectivity index (χ2n) is 3.88. The lowest BCUT2D eigenvalue weighted by atomic mass is 9.96. The molecule has 0 bridgehead atoms. The van der Waals surface area contributed by atoms with Crippen molar-refractivity contribution in [2.45, 2.75) is 31.3 Å². The first-order valence-corrected chi connectivity index (χ1v) is 5.13. The minimum absolute atomic E-state index is 0.150. The van der Waals surface area contributed by atoms with E-state index in [1.807, 2.05) is 12.1 Å². The van der Waals surface area contributed by atoms with E-state index in [4.69, 9.17) is 4.74 Å². The third kappa shape index (κ3) is 1.75. The summed E-state index contributed by atoms with van der Waals surface area (Å²) in [4.78, 5) is 0. The van der Waals surface area contributed by atoms with Crippen LogP contribution in [0.1, 0.15) is 30.7 Å². The molecule has 0 aliphatic heterocycles. The third-order valence-electron chi connectivity index (χ3n) is 3.02. The van der Waals surface area contributed by atoms with Crippen molar-refractivity contribution >= 4 is 0 Å². The van der Waals surface area contributed by atoms with Gasteiger partial charge in [0.2, 0.25) is 0 Å². The van der Waals surface area contributed by atoms with Gasteiger partial charge in [-0.3, -0.25) is 0 Å². The Morgan fingerprint density at radius 1 is 1.21 bits per heavy atom. The van der Waals surface area contributed by atoms with Crippen molar-refractivity contribution in [3.63, 3.8) is 0 Å². The van der Waals surface area contributed by atoms with Gasteiger partial charge in [0.1, 0.15) is 5.75 Å². The van der Waals surface area contributed by atoms with Gasteiger partial charge in [0.05, 0.1) is 13.2 Å². The molecule has 76 valence electrons. The van der Waals surface area contributed by atoms with E-state index in [9.17, 15) is 5.11 Å². The molecule has 0 radical (unpaired) electrons. The maximum absolute atomic E-state index is 9.74. The molecule has 1 saturated carbocycles. The molecular formula is C12H16O2. The number of rotatable bonds is 2. The van der Waals surface area contributed by atoms with Crippen molar-refractivity contribution in [1.82, 2.24) is 0 Å². The maximum atomic E-state index is 9.74. The van der Waals surface area contributed by atoms with Crippen LogP contribution < -0.4 is 4.74 Å². The average Bonchev–Trinajstić information content (AvgIpc) is 2.65. The highest BCUT2D eigenvalue weighted by atomic mass is 16.5. The van der Waals surface area contributed by atoms with Crippen molar-refractivity contribution in [2.75, 3.05) is 7.11 Å². The summed E-state index contributed by atoms with van der Waals surface area (Å²) in [7, 11) is 1.67. The van der Waals surface area contributed by atoms with Gasteiger partial charge in [-0.25, -0.2) is 0 Å². The Hall–Kier alpha value is -1.02. The van der Waals surface area contributed by atoms with Crippen LogP contribution in [0, 0.1) is 0 Å². The first-order chi connectivity index (χ1) is 6.81. The van der Waals surface area contributed by atoms with Crippen LogP contribution in [0.2, 0.25) is 0 Å². The van der Waals surface area contributed by atoms with Gasteiger partial charge in [-0.2, -0.15) is 0 Å². The number of ether oxygens (including phenoxy) is 1. The summed E-state index contributed by atoms with van der Waals surface area (Å²) in [6.45, 7) is 0. The highest BCUT2D eigenvalue weighted by molar-refractivity contribution is 5.30. The van der Waals surface area contributed by atoms with Crippen molar-refractivity contribution in [3.8, 4) is 5.75 Å². The molecule has 1 aromatic carbocycles. The summed E-state index contributed by atoms with van der Waals surface area (Å²) >= 11 is 0. The molecule has 2 atom stereocenters. The van der Waals surface area contributed by atoms with Crippen LogP contribution in [-0.2, 0) is 0 Å². The Morgan fingerprint density at radius 3 is 2.43 bits per heavy atom. The fraction of sp³-hybridized carbons (Fsp3) is 0.500. The minimum atomic E-state index is -0.150. The quantitative estimate of drug-likeness (QED) is 0.779. The Labute approximate surface area is 84.5 Å². The molecular weight excluding hydrogens is 176 g/mol. The lowest BCUT2D eigenvalue weighted by Crippen LogP contribution is -2.10. The SMILES string of the molecule is COc1ccc([C@@H]2CCC[C@H]2O)cc1. The summed E-state index contributed by atoms with van der Waals surface area (Å²) in [6.07, 6.45) is 3.03. The van der Waals surface area contributed by atoms with E-state index in [-0.39, 0.29) is 6.10 Å². The largest absolute Gasteiger partial charge is 0.497 e. The predicted molar refractivity (Wildman–Crippen MR) is 55.6 cm³/mol. The van der Waals surface area contributed by atoms with Crippen LogP contribution in [0.4, 0.5) is 0 Å². The second kappa shape index (κ2) is 4.01. The number of benzene rings is 1. The Balaban J connectivity index is 2.16. The Morgan fingerprint density at radius 2 is 1.93 bits per heavy atom. The summed E-state index contributed by atoms with van der Waals surface area (Å²) in [5.41, 5.74) is 1.23. The van der Waals surface area contributed by atoms with Crippen molar-refractivity contribution in [2.24, 2.45) is 0 Å². The molecule has 2 rings (SSSR count). The Kier molecular flexibility index (Phi) is 2.73. The Bertz CT molecular complexity index is 292. The van der Waals surface area contributed by atoms with Crippen molar-refractivity contribution < 1.29 is 9.84 Å². The first-order valence-electron chi connectivity index (χ1n) is 5.13. The number of hydrogen-bond donors (Lipinski definition) is 1. The monoisotopic (exact) mass is 192 g/mol. The molecule has 0 amide bonds. The van der Waals surface area contributed by atoms with Gasteiger partial charge in [-0.05, 0) is 30.5 Å². The molecule has 1 aliphatic rings. The standard InChI is InChI=1S/C12H16O2/c1-14-10-7-5-9(6-8-10)11-3-2-4-12(11)13/h5-8,11-13H,2-4H2,1H3/t11-,12+/m0/s1. The molecule has 0 unspecified atom stereocenters. The second-order valence-corrected chi connectivity index (χ2v) is 3.88. The molecule has 0 heterocycles. The maximum Gasteiger partial charge on any atom is 0.118 e. The van der Waals surface area contributed by atoms with Gasteiger partial charge in [0.15, 0.2) is 0 Å². The summed E-state index contributed by atoms with van der Waals surface area (Å²) < 4.78 is 5.10. The molecule has 1 aromatic rings. The van der Waals surface area contributed by atoms with Crippen LogP contribution in [-0.4, -0.2) is 18.3 Å². The zero-order valence-corrected chi connectivity index (χ0v) is 8.44. The van der Waals surface area contributed by atoms with E-state index in [0.717, 1.165) is 25.0 Å².